The second-order valence-electron chi connectivity index (χ2n) is 4.26. The molecule has 1 aromatic heterocycles. The number of aryl methyl sites for hydroxylation is 1. The molecule has 5 nitrogen and oxygen atoms in total. The van der Waals surface area contributed by atoms with E-state index < -0.39 is 0 Å². The van der Waals surface area contributed by atoms with Gasteiger partial charge >= 0.3 is 0 Å². The molecule has 5 heteroatoms. The Morgan fingerprint density at radius 3 is 2.79 bits per heavy atom. The summed E-state index contributed by atoms with van der Waals surface area (Å²) in [5.74, 6) is 2.17. The van der Waals surface area contributed by atoms with Crippen molar-refractivity contribution in [1.29, 1.82) is 0 Å². The lowest BCUT2D eigenvalue weighted by Gasteiger charge is -2.17. The zero-order valence-corrected chi connectivity index (χ0v) is 8.72. The first-order chi connectivity index (χ1) is 6.66. The molecule has 1 heterocycles. The second-order valence-corrected chi connectivity index (χ2v) is 4.26. The molecule has 2 atom stereocenters. The Morgan fingerprint density at radius 2 is 2.29 bits per heavy atom. The van der Waals surface area contributed by atoms with Crippen LogP contribution in [-0.4, -0.2) is 26.2 Å². The van der Waals surface area contributed by atoms with Gasteiger partial charge in [-0.05, 0) is 29.9 Å². The molecule has 0 saturated heterocycles. The van der Waals surface area contributed by atoms with Crippen molar-refractivity contribution in [2.45, 2.75) is 32.2 Å². The molecule has 1 aromatic rings. The predicted molar refractivity (Wildman–Crippen MR) is 52.4 cm³/mol. The zero-order valence-electron chi connectivity index (χ0n) is 8.72. The Labute approximate surface area is 83.7 Å². The van der Waals surface area contributed by atoms with Crippen molar-refractivity contribution in [3.63, 3.8) is 0 Å². The molecule has 0 amide bonds. The van der Waals surface area contributed by atoms with Crippen LogP contribution in [-0.2, 0) is 13.5 Å². The number of nitrogens with two attached hydrogens (primary N) is 1. The molecular formula is C9H17N5. The van der Waals surface area contributed by atoms with Gasteiger partial charge in [0, 0.05) is 12.5 Å². The van der Waals surface area contributed by atoms with Crippen molar-refractivity contribution < 1.29 is 0 Å². The van der Waals surface area contributed by atoms with Gasteiger partial charge in [0.2, 0.25) is 0 Å². The van der Waals surface area contributed by atoms with Crippen molar-refractivity contribution in [3.05, 3.63) is 5.82 Å². The summed E-state index contributed by atoms with van der Waals surface area (Å²) in [5, 5.41) is 11.9. The summed E-state index contributed by atoms with van der Waals surface area (Å²) in [6.07, 6.45) is 3.41. The van der Waals surface area contributed by atoms with Gasteiger partial charge in [0.25, 0.3) is 0 Å². The average molecular weight is 195 g/mol. The number of aromatic nitrogens is 4. The molecule has 1 aliphatic rings. The Morgan fingerprint density at radius 1 is 1.57 bits per heavy atom. The Bertz CT molecular complexity index is 304. The normalized spacial score (nSPS) is 20.8. The van der Waals surface area contributed by atoms with Gasteiger partial charge in [0.1, 0.15) is 0 Å². The monoisotopic (exact) mass is 195 g/mol. The molecule has 0 aliphatic heterocycles. The maximum absolute atomic E-state index is 6.08. The summed E-state index contributed by atoms with van der Waals surface area (Å²) >= 11 is 0. The topological polar surface area (TPSA) is 69.6 Å². The molecule has 1 aliphatic carbocycles. The molecule has 14 heavy (non-hydrogen) atoms. The third-order valence-corrected chi connectivity index (χ3v) is 3.01. The summed E-state index contributed by atoms with van der Waals surface area (Å²) < 4.78 is 0. The van der Waals surface area contributed by atoms with E-state index in [0.29, 0.717) is 5.92 Å². The number of hydrogen-bond donors (Lipinski definition) is 1. The van der Waals surface area contributed by atoms with E-state index in [1.807, 2.05) is 0 Å². The van der Waals surface area contributed by atoms with E-state index >= 15 is 0 Å². The predicted octanol–water partition coefficient (Wildman–Crippen LogP) is 0.126. The van der Waals surface area contributed by atoms with Crippen molar-refractivity contribution in [1.82, 2.24) is 20.2 Å². The highest BCUT2D eigenvalue weighted by molar-refractivity contribution is 4.90. The van der Waals surface area contributed by atoms with E-state index in [4.69, 9.17) is 5.73 Å². The first-order valence-corrected chi connectivity index (χ1v) is 5.15. The zero-order chi connectivity index (χ0) is 10.1. The Balaban J connectivity index is 1.89. The van der Waals surface area contributed by atoms with Gasteiger partial charge < -0.3 is 5.73 Å². The maximum atomic E-state index is 6.08. The van der Waals surface area contributed by atoms with Crippen LogP contribution < -0.4 is 5.73 Å². The summed E-state index contributed by atoms with van der Waals surface area (Å²) in [5.41, 5.74) is 6.08. The maximum Gasteiger partial charge on any atom is 0.176 e. The molecule has 2 rings (SSSR count). The smallest absolute Gasteiger partial charge is 0.176 e. The third-order valence-electron chi connectivity index (χ3n) is 3.01. The lowest BCUT2D eigenvalue weighted by molar-refractivity contribution is 0.399. The van der Waals surface area contributed by atoms with Crippen molar-refractivity contribution >= 4 is 0 Å². The van der Waals surface area contributed by atoms with Crippen LogP contribution in [0.3, 0.4) is 0 Å². The summed E-state index contributed by atoms with van der Waals surface area (Å²) in [4.78, 5) is 1.48. The minimum atomic E-state index is 0.173. The molecule has 2 N–H and O–H groups in total. The Kier molecular flexibility index (Phi) is 2.50. The van der Waals surface area contributed by atoms with E-state index in [1.165, 1.54) is 17.6 Å². The van der Waals surface area contributed by atoms with E-state index in [1.54, 1.807) is 7.05 Å². The van der Waals surface area contributed by atoms with E-state index in [-0.39, 0.29) is 6.04 Å². The molecular weight excluding hydrogens is 178 g/mol. The fourth-order valence-corrected chi connectivity index (χ4v) is 1.77. The average Bonchev–Trinajstić information content (AvgIpc) is 2.91. The largest absolute Gasteiger partial charge is 0.327 e. The number of nitrogens with zero attached hydrogens (tertiary/aromatic N) is 4. The fourth-order valence-electron chi connectivity index (χ4n) is 1.77. The summed E-state index contributed by atoms with van der Waals surface area (Å²) in [6, 6.07) is 0.173. The molecule has 78 valence electrons. The van der Waals surface area contributed by atoms with Crippen LogP contribution in [0.25, 0.3) is 0 Å². The van der Waals surface area contributed by atoms with Crippen LogP contribution >= 0.6 is 0 Å². The van der Waals surface area contributed by atoms with Crippen LogP contribution in [0.2, 0.25) is 0 Å². The minimum absolute atomic E-state index is 0.173. The highest BCUT2D eigenvalue weighted by atomic mass is 15.6. The van der Waals surface area contributed by atoms with E-state index in [9.17, 15) is 0 Å². The van der Waals surface area contributed by atoms with Gasteiger partial charge in [-0.2, -0.15) is 4.80 Å². The molecule has 1 fully saturated rings. The fraction of sp³-hybridized carbons (Fsp3) is 0.889. The van der Waals surface area contributed by atoms with Crippen LogP contribution in [0.1, 0.15) is 25.6 Å². The van der Waals surface area contributed by atoms with Gasteiger partial charge in [-0.3, -0.25) is 0 Å². The standard InChI is InChI=1S/C9H17N5/c1-6(7-3-4-7)8(10)5-9-11-13-14(2)12-9/h6-8H,3-5,10H2,1-2H3. The molecule has 1 saturated carbocycles. The summed E-state index contributed by atoms with van der Waals surface area (Å²) in [7, 11) is 1.77. The SMILES string of the molecule is CC(C(N)Cc1nnn(C)n1)C1CC1. The lowest BCUT2D eigenvalue weighted by atomic mass is 9.95. The Hall–Kier alpha value is -0.970. The van der Waals surface area contributed by atoms with Crippen LogP contribution in [0.5, 0.6) is 0 Å². The van der Waals surface area contributed by atoms with Gasteiger partial charge in [-0.15, -0.1) is 10.2 Å². The highest BCUT2D eigenvalue weighted by Crippen LogP contribution is 2.38. The van der Waals surface area contributed by atoms with Crippen LogP contribution in [0, 0.1) is 11.8 Å². The quantitative estimate of drug-likeness (QED) is 0.741. The molecule has 0 aromatic carbocycles. The third kappa shape index (κ3) is 2.09. The second kappa shape index (κ2) is 3.65. The van der Waals surface area contributed by atoms with E-state index in [0.717, 1.165) is 18.2 Å². The van der Waals surface area contributed by atoms with Gasteiger partial charge in [-0.25, -0.2) is 0 Å². The minimum Gasteiger partial charge on any atom is -0.327 e. The molecule has 0 spiro atoms. The highest BCUT2D eigenvalue weighted by Gasteiger charge is 2.32. The molecule has 0 bridgehead atoms. The van der Waals surface area contributed by atoms with Gasteiger partial charge in [0.15, 0.2) is 5.82 Å². The number of tetrazole rings is 1. The van der Waals surface area contributed by atoms with Gasteiger partial charge in [0.05, 0.1) is 7.05 Å². The van der Waals surface area contributed by atoms with Gasteiger partial charge in [-0.1, -0.05) is 6.92 Å². The number of hydrogen-bond acceptors (Lipinski definition) is 4. The lowest BCUT2D eigenvalue weighted by Crippen LogP contribution is -2.32. The van der Waals surface area contributed by atoms with Crippen LogP contribution in [0.4, 0.5) is 0 Å². The summed E-state index contributed by atoms with van der Waals surface area (Å²) in [6.45, 7) is 2.22. The molecule has 2 unspecified atom stereocenters. The van der Waals surface area contributed by atoms with Crippen LogP contribution in [0.15, 0.2) is 0 Å². The van der Waals surface area contributed by atoms with Crippen molar-refractivity contribution in [2.75, 3.05) is 0 Å². The first-order valence-electron chi connectivity index (χ1n) is 5.15. The van der Waals surface area contributed by atoms with Crippen molar-refractivity contribution in [2.24, 2.45) is 24.6 Å². The number of rotatable bonds is 4. The first kappa shape index (κ1) is 9.58. The molecule has 0 radical (unpaired) electrons. The van der Waals surface area contributed by atoms with E-state index in [2.05, 4.69) is 22.3 Å². The van der Waals surface area contributed by atoms with Crippen molar-refractivity contribution in [3.8, 4) is 0 Å².